The first-order valence-electron chi connectivity index (χ1n) is 5.79. The minimum Gasteiger partial charge on any atom is -0.356 e. The highest BCUT2D eigenvalue weighted by atomic mass is 16.2. The van der Waals surface area contributed by atoms with Crippen LogP contribution >= 0.6 is 0 Å². The third kappa shape index (κ3) is 1.61. The summed E-state index contributed by atoms with van der Waals surface area (Å²) in [5.74, 6) is 0.415. The lowest BCUT2D eigenvalue weighted by molar-refractivity contribution is -0.123. The van der Waals surface area contributed by atoms with Gasteiger partial charge in [0.1, 0.15) is 0 Å². The van der Waals surface area contributed by atoms with Gasteiger partial charge in [0, 0.05) is 6.54 Å². The average Bonchev–Trinajstić information content (AvgIpc) is 3.06. The van der Waals surface area contributed by atoms with Crippen molar-refractivity contribution in [2.45, 2.75) is 18.8 Å². The Labute approximate surface area is 96.0 Å². The minimum atomic E-state index is -0.355. The van der Waals surface area contributed by atoms with Gasteiger partial charge >= 0.3 is 0 Å². The van der Waals surface area contributed by atoms with Gasteiger partial charge in [0.15, 0.2) is 0 Å². The Morgan fingerprint density at radius 2 is 2.19 bits per heavy atom. The number of carbonyl (C=O) groups is 1. The Balaban J connectivity index is 2.28. The van der Waals surface area contributed by atoms with Gasteiger partial charge in [-0.15, -0.1) is 0 Å². The van der Waals surface area contributed by atoms with Crippen molar-refractivity contribution >= 4 is 5.91 Å². The van der Waals surface area contributed by atoms with Crippen molar-refractivity contribution < 1.29 is 4.79 Å². The first-order valence-corrected chi connectivity index (χ1v) is 5.79. The van der Waals surface area contributed by atoms with Crippen molar-refractivity contribution in [1.29, 1.82) is 0 Å². The fraction of sp³-hybridized carbons (Fsp3) is 0.462. The summed E-state index contributed by atoms with van der Waals surface area (Å²) >= 11 is 0. The Hall–Kier alpha value is -1.35. The summed E-state index contributed by atoms with van der Waals surface area (Å²) in [4.78, 5) is 12.1. The molecule has 1 amide bonds. The number of carbonyl (C=O) groups excluding carboxylic acids is 1. The van der Waals surface area contributed by atoms with Crippen LogP contribution in [0.15, 0.2) is 30.3 Å². The molecule has 1 aliphatic carbocycles. The summed E-state index contributed by atoms with van der Waals surface area (Å²) in [7, 11) is 0. The molecule has 0 unspecified atom stereocenters. The molecule has 1 aliphatic rings. The van der Waals surface area contributed by atoms with E-state index in [2.05, 4.69) is 5.32 Å². The van der Waals surface area contributed by atoms with Crippen molar-refractivity contribution in [2.75, 3.05) is 13.1 Å². The summed E-state index contributed by atoms with van der Waals surface area (Å²) in [6.45, 7) is 3.19. The summed E-state index contributed by atoms with van der Waals surface area (Å²) in [5.41, 5.74) is 6.44. The maximum Gasteiger partial charge on any atom is 0.230 e. The molecule has 1 aromatic rings. The van der Waals surface area contributed by atoms with E-state index in [0.29, 0.717) is 19.0 Å². The molecule has 16 heavy (non-hydrogen) atoms. The molecule has 0 spiro atoms. The van der Waals surface area contributed by atoms with Crippen LogP contribution in [-0.4, -0.2) is 19.0 Å². The monoisotopic (exact) mass is 218 g/mol. The molecule has 1 aromatic carbocycles. The molecule has 2 atom stereocenters. The van der Waals surface area contributed by atoms with Crippen LogP contribution in [0.4, 0.5) is 0 Å². The molecular weight excluding hydrogens is 200 g/mol. The normalized spacial score (nSPS) is 27.5. The van der Waals surface area contributed by atoms with E-state index in [1.54, 1.807) is 0 Å². The van der Waals surface area contributed by atoms with E-state index in [0.717, 1.165) is 12.0 Å². The van der Waals surface area contributed by atoms with Crippen LogP contribution in [0.2, 0.25) is 0 Å². The fourth-order valence-electron chi connectivity index (χ4n) is 2.43. The number of hydrogen-bond donors (Lipinski definition) is 2. The standard InChI is InChI=1S/C13H18N2O/c1-2-15-12(16)13(8-11(13)9-14)10-6-4-3-5-7-10/h3-7,11H,2,8-9,14H2,1H3,(H,15,16)/t11-,13+/m1/s1. The van der Waals surface area contributed by atoms with Gasteiger partial charge in [0.2, 0.25) is 5.91 Å². The van der Waals surface area contributed by atoms with Crippen LogP contribution in [0.25, 0.3) is 0 Å². The topological polar surface area (TPSA) is 55.1 Å². The second-order valence-electron chi connectivity index (χ2n) is 4.33. The molecule has 0 aliphatic heterocycles. The van der Waals surface area contributed by atoms with Crippen molar-refractivity contribution in [3.8, 4) is 0 Å². The molecule has 3 N–H and O–H groups in total. The highest BCUT2D eigenvalue weighted by Gasteiger charge is 2.59. The Kier molecular flexibility index (Phi) is 2.97. The van der Waals surface area contributed by atoms with Crippen LogP contribution in [-0.2, 0) is 10.2 Å². The van der Waals surface area contributed by atoms with Crippen molar-refractivity contribution in [2.24, 2.45) is 11.7 Å². The molecule has 3 heteroatoms. The molecular formula is C13H18N2O. The van der Waals surface area contributed by atoms with E-state index in [1.807, 2.05) is 37.3 Å². The smallest absolute Gasteiger partial charge is 0.230 e. The number of nitrogens with one attached hydrogen (secondary N) is 1. The zero-order chi connectivity index (χ0) is 11.6. The lowest BCUT2D eigenvalue weighted by Gasteiger charge is -2.16. The first kappa shape index (κ1) is 11.1. The second kappa shape index (κ2) is 4.26. The number of hydrogen-bond acceptors (Lipinski definition) is 2. The summed E-state index contributed by atoms with van der Waals surface area (Å²) in [6, 6.07) is 9.95. The summed E-state index contributed by atoms with van der Waals surface area (Å²) < 4.78 is 0. The number of likely N-dealkylation sites (N-methyl/N-ethyl adjacent to an activating group) is 1. The van der Waals surface area contributed by atoms with Crippen molar-refractivity contribution in [1.82, 2.24) is 5.32 Å². The van der Waals surface area contributed by atoms with E-state index in [9.17, 15) is 4.79 Å². The molecule has 0 saturated heterocycles. The van der Waals surface area contributed by atoms with E-state index in [1.165, 1.54) is 0 Å². The molecule has 1 fully saturated rings. The number of rotatable bonds is 4. The lowest BCUT2D eigenvalue weighted by Crippen LogP contribution is -2.37. The van der Waals surface area contributed by atoms with Crippen LogP contribution in [0.3, 0.4) is 0 Å². The van der Waals surface area contributed by atoms with Crippen molar-refractivity contribution in [3.05, 3.63) is 35.9 Å². The highest BCUT2D eigenvalue weighted by Crippen LogP contribution is 2.53. The Bertz CT molecular complexity index is 377. The Morgan fingerprint density at radius 3 is 2.69 bits per heavy atom. The molecule has 0 bridgehead atoms. The van der Waals surface area contributed by atoms with Gasteiger partial charge in [-0.05, 0) is 31.4 Å². The third-order valence-corrected chi connectivity index (χ3v) is 3.42. The van der Waals surface area contributed by atoms with Gasteiger partial charge < -0.3 is 11.1 Å². The van der Waals surface area contributed by atoms with Crippen LogP contribution in [0, 0.1) is 5.92 Å². The molecule has 2 rings (SSSR count). The second-order valence-corrected chi connectivity index (χ2v) is 4.33. The zero-order valence-electron chi connectivity index (χ0n) is 9.57. The zero-order valence-corrected chi connectivity index (χ0v) is 9.57. The molecule has 86 valence electrons. The van der Waals surface area contributed by atoms with Crippen LogP contribution in [0.5, 0.6) is 0 Å². The van der Waals surface area contributed by atoms with Gasteiger partial charge in [-0.25, -0.2) is 0 Å². The van der Waals surface area contributed by atoms with E-state index in [-0.39, 0.29) is 11.3 Å². The van der Waals surface area contributed by atoms with Gasteiger partial charge in [-0.3, -0.25) is 4.79 Å². The predicted molar refractivity (Wildman–Crippen MR) is 64.0 cm³/mol. The average molecular weight is 218 g/mol. The lowest BCUT2D eigenvalue weighted by atomic mass is 9.92. The van der Waals surface area contributed by atoms with E-state index < -0.39 is 0 Å². The van der Waals surface area contributed by atoms with Gasteiger partial charge in [0.25, 0.3) is 0 Å². The number of benzene rings is 1. The Morgan fingerprint density at radius 1 is 1.50 bits per heavy atom. The number of nitrogens with two attached hydrogens (primary N) is 1. The van der Waals surface area contributed by atoms with Crippen LogP contribution in [0.1, 0.15) is 18.9 Å². The third-order valence-electron chi connectivity index (χ3n) is 3.42. The van der Waals surface area contributed by atoms with E-state index in [4.69, 9.17) is 5.73 Å². The molecule has 0 radical (unpaired) electrons. The quantitative estimate of drug-likeness (QED) is 0.793. The largest absolute Gasteiger partial charge is 0.356 e. The minimum absolute atomic E-state index is 0.122. The molecule has 3 nitrogen and oxygen atoms in total. The maximum atomic E-state index is 12.1. The van der Waals surface area contributed by atoms with E-state index >= 15 is 0 Å². The summed E-state index contributed by atoms with van der Waals surface area (Å²) in [6.07, 6.45) is 0.874. The van der Waals surface area contributed by atoms with Crippen LogP contribution < -0.4 is 11.1 Å². The van der Waals surface area contributed by atoms with Gasteiger partial charge in [0.05, 0.1) is 5.41 Å². The highest BCUT2D eigenvalue weighted by molar-refractivity contribution is 5.92. The summed E-state index contributed by atoms with van der Waals surface area (Å²) in [5, 5.41) is 2.92. The molecule has 1 saturated carbocycles. The predicted octanol–water partition coefficient (Wildman–Crippen LogP) is 1.04. The molecule has 0 heterocycles. The SMILES string of the molecule is CCNC(=O)[C@]1(c2ccccc2)C[C@@H]1CN. The first-order chi connectivity index (χ1) is 7.75. The molecule has 0 aromatic heterocycles. The van der Waals surface area contributed by atoms with Gasteiger partial charge in [-0.2, -0.15) is 0 Å². The van der Waals surface area contributed by atoms with Crippen molar-refractivity contribution in [3.63, 3.8) is 0 Å². The van der Waals surface area contributed by atoms with Gasteiger partial charge in [-0.1, -0.05) is 30.3 Å². The number of amides is 1. The fourth-order valence-corrected chi connectivity index (χ4v) is 2.43. The maximum absolute atomic E-state index is 12.1.